The number of imidazole rings is 1. The second-order valence-corrected chi connectivity index (χ2v) is 6.51. The number of H-pyrrole nitrogens is 1. The number of aryl methyl sites for hydroxylation is 1. The van der Waals surface area contributed by atoms with Crippen molar-refractivity contribution in [2.45, 2.75) is 12.5 Å². The first-order valence-electron chi connectivity index (χ1n) is 8.89. The molecule has 3 aromatic rings. The summed E-state index contributed by atoms with van der Waals surface area (Å²) in [6.45, 7) is 0.623. The lowest BCUT2D eigenvalue weighted by Crippen LogP contribution is -2.38. The van der Waals surface area contributed by atoms with Crippen molar-refractivity contribution in [1.29, 1.82) is 0 Å². The molecular weight excluding hydrogens is 392 g/mol. The Balaban J connectivity index is 0.000000806. The van der Waals surface area contributed by atoms with E-state index in [0.717, 1.165) is 17.0 Å². The third kappa shape index (κ3) is 4.19. The molecule has 4 heterocycles. The number of aromatic amines is 1. The van der Waals surface area contributed by atoms with E-state index in [1.807, 2.05) is 13.2 Å². The highest BCUT2D eigenvalue weighted by atomic mass is 16.5. The van der Waals surface area contributed by atoms with Gasteiger partial charge in [-0.15, -0.1) is 0 Å². The molecule has 30 heavy (non-hydrogen) atoms. The van der Waals surface area contributed by atoms with Crippen LogP contribution in [-0.4, -0.2) is 66.7 Å². The number of hydrogen-bond donors (Lipinski definition) is 2. The number of esters is 1. The molecule has 2 N–H and O–H groups in total. The number of fused-ring (bicyclic) bond motifs is 1. The number of rotatable bonds is 3. The van der Waals surface area contributed by atoms with Crippen molar-refractivity contribution in [3.05, 3.63) is 65.3 Å². The van der Waals surface area contributed by atoms with Gasteiger partial charge in [0.05, 0.1) is 48.7 Å². The van der Waals surface area contributed by atoms with Crippen molar-refractivity contribution in [3.63, 3.8) is 0 Å². The van der Waals surface area contributed by atoms with Gasteiger partial charge in [-0.1, -0.05) is 0 Å². The lowest BCUT2D eigenvalue weighted by Gasteiger charge is -2.31. The summed E-state index contributed by atoms with van der Waals surface area (Å²) in [5.74, 6) is -0.809. The molecule has 0 spiro atoms. The monoisotopic (exact) mass is 412 g/mol. The highest BCUT2D eigenvalue weighted by Gasteiger charge is 2.32. The molecule has 1 atom stereocenters. The molecule has 156 valence electrons. The van der Waals surface area contributed by atoms with Gasteiger partial charge in [-0.05, 0) is 6.07 Å². The summed E-state index contributed by atoms with van der Waals surface area (Å²) in [6, 6.07) is 1.50. The van der Waals surface area contributed by atoms with Crippen LogP contribution in [0.4, 0.5) is 0 Å². The minimum absolute atomic E-state index is 0.0746. The fourth-order valence-electron chi connectivity index (χ4n) is 3.33. The minimum Gasteiger partial charge on any atom is -0.483 e. The fourth-order valence-corrected chi connectivity index (χ4v) is 3.33. The van der Waals surface area contributed by atoms with Crippen molar-refractivity contribution in [1.82, 2.24) is 29.6 Å². The molecule has 0 radical (unpaired) electrons. The average Bonchev–Trinajstić information content (AvgIpc) is 3.41. The van der Waals surface area contributed by atoms with Crippen LogP contribution in [0.2, 0.25) is 0 Å². The molecule has 0 saturated carbocycles. The number of pyridine rings is 1. The summed E-state index contributed by atoms with van der Waals surface area (Å²) in [4.78, 5) is 46.4. The topological polar surface area (TPSA) is 143 Å². The third-order valence-electron chi connectivity index (χ3n) is 4.65. The number of hydrogen-bond acceptors (Lipinski definition) is 7. The van der Waals surface area contributed by atoms with Crippen molar-refractivity contribution < 1.29 is 24.2 Å². The van der Waals surface area contributed by atoms with Gasteiger partial charge in [-0.2, -0.15) is 5.10 Å². The summed E-state index contributed by atoms with van der Waals surface area (Å²) in [6.07, 6.45) is 8.19. The van der Waals surface area contributed by atoms with Gasteiger partial charge in [0.25, 0.3) is 12.4 Å². The van der Waals surface area contributed by atoms with Crippen LogP contribution in [0, 0.1) is 0 Å². The standard InChI is InChI=1S/C18H18N6O3.CH2O2/c1-23-7-13(6-22-23)14-8-24(9-15-16(14)21-10-20-15)17(25)11-3-12(5-19-4-11)18(26)27-2;2-1-3/h3-7,10,14H,8-9H2,1-2H3,(H,20,21);1H,(H,2,3). The minimum atomic E-state index is -0.528. The van der Waals surface area contributed by atoms with Crippen molar-refractivity contribution in [2.24, 2.45) is 7.05 Å². The third-order valence-corrected chi connectivity index (χ3v) is 4.65. The molecule has 1 aliphatic heterocycles. The zero-order valence-corrected chi connectivity index (χ0v) is 16.3. The predicted molar refractivity (Wildman–Crippen MR) is 103 cm³/mol. The number of nitrogens with one attached hydrogen (secondary N) is 1. The van der Waals surface area contributed by atoms with Gasteiger partial charge in [0, 0.05) is 43.7 Å². The molecule has 3 aromatic heterocycles. The Labute approximate surface area is 171 Å². The van der Waals surface area contributed by atoms with E-state index >= 15 is 0 Å². The Morgan fingerprint density at radius 2 is 2.03 bits per heavy atom. The zero-order chi connectivity index (χ0) is 21.7. The van der Waals surface area contributed by atoms with Crippen LogP contribution in [0.3, 0.4) is 0 Å². The molecule has 11 nitrogen and oxygen atoms in total. The lowest BCUT2D eigenvalue weighted by molar-refractivity contribution is -0.122. The van der Waals surface area contributed by atoms with Gasteiger partial charge in [0.1, 0.15) is 0 Å². The van der Waals surface area contributed by atoms with E-state index in [0.29, 0.717) is 18.7 Å². The van der Waals surface area contributed by atoms with E-state index in [2.05, 4.69) is 20.1 Å². The maximum Gasteiger partial charge on any atom is 0.339 e. The van der Waals surface area contributed by atoms with Gasteiger partial charge < -0.3 is 19.7 Å². The molecule has 11 heteroatoms. The summed E-state index contributed by atoms with van der Waals surface area (Å²) in [5, 5.41) is 11.1. The molecule has 1 aliphatic rings. The smallest absolute Gasteiger partial charge is 0.339 e. The number of nitrogens with zero attached hydrogens (tertiary/aromatic N) is 5. The van der Waals surface area contributed by atoms with Crippen molar-refractivity contribution in [3.8, 4) is 0 Å². The Kier molecular flexibility index (Phi) is 6.20. The number of aromatic nitrogens is 5. The van der Waals surface area contributed by atoms with E-state index in [-0.39, 0.29) is 23.9 Å². The van der Waals surface area contributed by atoms with Crippen LogP contribution < -0.4 is 0 Å². The first kappa shape index (κ1) is 20.7. The second-order valence-electron chi connectivity index (χ2n) is 6.51. The van der Waals surface area contributed by atoms with Gasteiger partial charge in [0.2, 0.25) is 0 Å². The Morgan fingerprint density at radius 3 is 2.70 bits per heavy atom. The van der Waals surface area contributed by atoms with Gasteiger partial charge >= 0.3 is 5.97 Å². The molecule has 1 unspecified atom stereocenters. The van der Waals surface area contributed by atoms with Gasteiger partial charge in [-0.3, -0.25) is 19.3 Å². The highest BCUT2D eigenvalue weighted by molar-refractivity contribution is 5.97. The lowest BCUT2D eigenvalue weighted by atomic mass is 9.93. The van der Waals surface area contributed by atoms with Crippen LogP contribution in [0.15, 0.2) is 37.2 Å². The van der Waals surface area contributed by atoms with E-state index < -0.39 is 5.97 Å². The SMILES string of the molecule is COC(=O)c1cncc(C(=O)N2Cc3[nH]cnc3C(c3cnn(C)c3)C2)c1.O=CO. The molecule has 0 saturated heterocycles. The van der Waals surface area contributed by atoms with E-state index in [1.54, 1.807) is 22.1 Å². The van der Waals surface area contributed by atoms with Crippen LogP contribution in [0.5, 0.6) is 0 Å². The van der Waals surface area contributed by atoms with Gasteiger partial charge in [-0.25, -0.2) is 9.78 Å². The van der Waals surface area contributed by atoms with Crippen LogP contribution >= 0.6 is 0 Å². The summed E-state index contributed by atoms with van der Waals surface area (Å²) in [7, 11) is 3.14. The number of carbonyl (C=O) groups is 3. The molecule has 0 bridgehead atoms. The second kappa shape index (κ2) is 8.99. The summed E-state index contributed by atoms with van der Waals surface area (Å²) < 4.78 is 6.43. The Morgan fingerprint density at radius 1 is 1.30 bits per heavy atom. The maximum atomic E-state index is 13.1. The van der Waals surface area contributed by atoms with E-state index in [9.17, 15) is 9.59 Å². The molecule has 0 aliphatic carbocycles. The van der Waals surface area contributed by atoms with E-state index in [1.165, 1.54) is 25.6 Å². The van der Waals surface area contributed by atoms with Crippen molar-refractivity contribution >= 4 is 18.3 Å². The van der Waals surface area contributed by atoms with Crippen LogP contribution in [0.25, 0.3) is 0 Å². The number of carbonyl (C=O) groups excluding carboxylic acids is 2. The quantitative estimate of drug-likeness (QED) is 0.475. The molecule has 4 rings (SSSR count). The molecule has 0 aromatic carbocycles. The summed E-state index contributed by atoms with van der Waals surface area (Å²) in [5.41, 5.74) is 3.39. The van der Waals surface area contributed by atoms with Crippen LogP contribution in [0.1, 0.15) is 43.6 Å². The number of carboxylic acid groups (broad SMARTS) is 1. The Hall–Kier alpha value is -4.02. The molecule has 0 fully saturated rings. The van der Waals surface area contributed by atoms with Gasteiger partial charge in [0.15, 0.2) is 0 Å². The Bertz CT molecular complexity index is 1060. The first-order valence-corrected chi connectivity index (χ1v) is 8.89. The van der Waals surface area contributed by atoms with E-state index in [4.69, 9.17) is 14.6 Å². The normalized spacial score (nSPS) is 14.9. The highest BCUT2D eigenvalue weighted by Crippen LogP contribution is 2.31. The first-order chi connectivity index (χ1) is 14.5. The maximum absolute atomic E-state index is 13.1. The number of methoxy groups -OCH3 is 1. The molecular formula is C19H20N6O5. The van der Waals surface area contributed by atoms with Crippen LogP contribution in [-0.2, 0) is 23.1 Å². The van der Waals surface area contributed by atoms with Crippen molar-refractivity contribution in [2.75, 3.05) is 13.7 Å². The summed E-state index contributed by atoms with van der Waals surface area (Å²) >= 11 is 0. The molecule has 1 amide bonds. The average molecular weight is 412 g/mol. The fraction of sp³-hybridized carbons (Fsp3) is 0.263. The number of amides is 1. The predicted octanol–water partition coefficient (Wildman–Crippen LogP) is 0.813. The zero-order valence-electron chi connectivity index (χ0n) is 16.3. The largest absolute Gasteiger partial charge is 0.483 e. The number of ether oxygens (including phenoxy) is 1.